The van der Waals surface area contributed by atoms with Crippen molar-refractivity contribution in [1.82, 2.24) is 5.32 Å². The van der Waals surface area contributed by atoms with E-state index in [4.69, 9.17) is 21.7 Å². The van der Waals surface area contributed by atoms with Crippen molar-refractivity contribution < 1.29 is 23.8 Å². The zero-order chi connectivity index (χ0) is 17.2. The van der Waals surface area contributed by atoms with Gasteiger partial charge in [-0.05, 0) is 31.3 Å². The molecule has 0 aliphatic carbocycles. The monoisotopic (exact) mass is 338 g/mol. The van der Waals surface area contributed by atoms with E-state index in [2.05, 4.69) is 15.4 Å². The van der Waals surface area contributed by atoms with Crippen molar-refractivity contribution >= 4 is 34.9 Å². The summed E-state index contributed by atoms with van der Waals surface area (Å²) in [4.78, 5) is 22.8. The fourth-order valence-electron chi connectivity index (χ4n) is 1.55. The van der Waals surface area contributed by atoms with E-state index in [9.17, 15) is 9.59 Å². The Morgan fingerprint density at radius 1 is 1.22 bits per heavy atom. The summed E-state index contributed by atoms with van der Waals surface area (Å²) in [5, 5.41) is 5.28. The molecule has 0 bridgehead atoms. The second-order valence-electron chi connectivity index (χ2n) is 4.09. The first kappa shape index (κ1) is 18.4. The van der Waals surface area contributed by atoms with Crippen molar-refractivity contribution in [2.24, 2.45) is 0 Å². The second-order valence-corrected chi connectivity index (χ2v) is 4.50. The quantitative estimate of drug-likeness (QED) is 0.463. The van der Waals surface area contributed by atoms with Crippen molar-refractivity contribution in [3.8, 4) is 11.5 Å². The van der Waals surface area contributed by atoms with E-state index in [1.807, 2.05) is 0 Å². The minimum Gasteiger partial charge on any atom is -0.497 e. The van der Waals surface area contributed by atoms with E-state index >= 15 is 0 Å². The topological polar surface area (TPSA) is 85.9 Å². The van der Waals surface area contributed by atoms with Gasteiger partial charge in [-0.2, -0.15) is 0 Å². The average Bonchev–Trinajstić information content (AvgIpc) is 2.53. The minimum atomic E-state index is -0.601. The molecule has 0 atom stereocenters. The Labute approximate surface area is 139 Å². The number of carbonyl (C=O) groups excluding carboxylic acids is 2. The maximum atomic E-state index is 11.6. The molecule has 0 fully saturated rings. The molecule has 1 rings (SSSR count). The second kappa shape index (κ2) is 9.42. The smallest absolute Gasteiger partial charge is 0.330 e. The van der Waals surface area contributed by atoms with Gasteiger partial charge in [-0.3, -0.25) is 10.1 Å². The lowest BCUT2D eigenvalue weighted by Gasteiger charge is -2.13. The van der Waals surface area contributed by atoms with Crippen LogP contribution in [0.3, 0.4) is 0 Å². The SMILES string of the molecule is CCOC(=O)C=CC(=O)NC(=S)Nc1cc(OC)ccc1OC. The molecule has 0 aromatic heterocycles. The van der Waals surface area contributed by atoms with Crippen molar-refractivity contribution in [3.05, 3.63) is 30.4 Å². The van der Waals surface area contributed by atoms with Crippen molar-refractivity contribution in [2.45, 2.75) is 6.92 Å². The number of nitrogens with one attached hydrogen (secondary N) is 2. The van der Waals surface area contributed by atoms with Crippen LogP contribution in [0.1, 0.15) is 6.92 Å². The lowest BCUT2D eigenvalue weighted by Crippen LogP contribution is -2.33. The molecule has 0 aliphatic rings. The number of hydrogen-bond acceptors (Lipinski definition) is 6. The van der Waals surface area contributed by atoms with Gasteiger partial charge in [0.2, 0.25) is 5.91 Å². The number of thiocarbonyl (C=S) groups is 1. The highest BCUT2D eigenvalue weighted by atomic mass is 32.1. The van der Waals surface area contributed by atoms with Gasteiger partial charge in [0.05, 0.1) is 26.5 Å². The van der Waals surface area contributed by atoms with Gasteiger partial charge in [0.1, 0.15) is 11.5 Å². The number of esters is 1. The summed E-state index contributed by atoms with van der Waals surface area (Å²) in [6.45, 7) is 1.91. The first-order chi connectivity index (χ1) is 11.0. The Morgan fingerprint density at radius 3 is 2.57 bits per heavy atom. The van der Waals surface area contributed by atoms with Crippen LogP contribution < -0.4 is 20.1 Å². The first-order valence-corrected chi connectivity index (χ1v) is 7.09. The molecule has 1 aromatic carbocycles. The van der Waals surface area contributed by atoms with Gasteiger partial charge < -0.3 is 19.5 Å². The largest absolute Gasteiger partial charge is 0.497 e. The standard InChI is InChI=1S/C15H18N2O5S/c1-4-22-14(19)8-7-13(18)17-15(23)16-11-9-10(20-2)5-6-12(11)21-3/h5-9H,4H2,1-3H3,(H2,16,17,18,23). The highest BCUT2D eigenvalue weighted by molar-refractivity contribution is 7.80. The zero-order valence-corrected chi connectivity index (χ0v) is 13.9. The Hall–Kier alpha value is -2.61. The minimum absolute atomic E-state index is 0.0510. The molecule has 0 saturated carbocycles. The molecular weight excluding hydrogens is 320 g/mol. The molecule has 23 heavy (non-hydrogen) atoms. The van der Waals surface area contributed by atoms with Crippen molar-refractivity contribution in [3.63, 3.8) is 0 Å². The normalized spacial score (nSPS) is 10.0. The van der Waals surface area contributed by atoms with Crippen LogP contribution in [0.2, 0.25) is 0 Å². The highest BCUT2D eigenvalue weighted by Gasteiger charge is 2.08. The molecule has 7 nitrogen and oxygen atoms in total. The number of methoxy groups -OCH3 is 2. The maximum absolute atomic E-state index is 11.6. The molecule has 0 saturated heterocycles. The number of amides is 1. The van der Waals surface area contributed by atoms with E-state index in [1.54, 1.807) is 25.1 Å². The number of anilines is 1. The van der Waals surface area contributed by atoms with Gasteiger partial charge in [0.25, 0.3) is 0 Å². The van der Waals surface area contributed by atoms with E-state index in [0.29, 0.717) is 17.2 Å². The Bertz CT molecular complexity index is 616. The Morgan fingerprint density at radius 2 is 1.96 bits per heavy atom. The lowest BCUT2D eigenvalue weighted by atomic mass is 10.2. The highest BCUT2D eigenvalue weighted by Crippen LogP contribution is 2.28. The van der Waals surface area contributed by atoms with Crippen LogP contribution in [-0.2, 0) is 14.3 Å². The van der Waals surface area contributed by atoms with E-state index < -0.39 is 11.9 Å². The third kappa shape index (κ3) is 6.35. The first-order valence-electron chi connectivity index (χ1n) is 6.69. The summed E-state index contributed by atoms with van der Waals surface area (Å²) < 4.78 is 15.0. The van der Waals surface area contributed by atoms with Crippen LogP contribution in [0.25, 0.3) is 0 Å². The molecule has 0 spiro atoms. The van der Waals surface area contributed by atoms with Crippen LogP contribution in [0.5, 0.6) is 11.5 Å². The van der Waals surface area contributed by atoms with Crippen molar-refractivity contribution in [2.75, 3.05) is 26.1 Å². The number of ether oxygens (including phenoxy) is 3. The third-order valence-corrected chi connectivity index (χ3v) is 2.75. The fraction of sp³-hybridized carbons (Fsp3) is 0.267. The zero-order valence-electron chi connectivity index (χ0n) is 13.0. The molecule has 0 heterocycles. The molecule has 2 N–H and O–H groups in total. The summed E-state index contributed by atoms with van der Waals surface area (Å²) in [5.41, 5.74) is 0.534. The maximum Gasteiger partial charge on any atom is 0.330 e. The van der Waals surface area contributed by atoms with Gasteiger partial charge in [0, 0.05) is 18.2 Å². The molecule has 0 unspecified atom stereocenters. The summed E-state index contributed by atoms with van der Waals surface area (Å²) >= 11 is 5.04. The van der Waals surface area contributed by atoms with Crippen LogP contribution >= 0.6 is 12.2 Å². The fourth-order valence-corrected chi connectivity index (χ4v) is 1.76. The van der Waals surface area contributed by atoms with Gasteiger partial charge in [-0.25, -0.2) is 4.79 Å². The van der Waals surface area contributed by atoms with E-state index in [0.717, 1.165) is 12.2 Å². The summed E-state index contributed by atoms with van der Waals surface area (Å²) in [7, 11) is 3.04. The molecule has 1 amide bonds. The number of hydrogen-bond donors (Lipinski definition) is 2. The molecule has 124 valence electrons. The Balaban J connectivity index is 2.66. The number of benzene rings is 1. The van der Waals surface area contributed by atoms with Gasteiger partial charge in [0.15, 0.2) is 5.11 Å². The summed E-state index contributed by atoms with van der Waals surface area (Å²) in [6, 6.07) is 5.10. The molecule has 8 heteroatoms. The third-order valence-electron chi connectivity index (χ3n) is 2.55. The van der Waals surface area contributed by atoms with E-state index in [1.165, 1.54) is 14.2 Å². The molecular formula is C15H18N2O5S. The molecule has 0 aliphatic heterocycles. The van der Waals surface area contributed by atoms with Gasteiger partial charge >= 0.3 is 5.97 Å². The predicted octanol–water partition coefficient (Wildman–Crippen LogP) is 1.64. The summed E-state index contributed by atoms with van der Waals surface area (Å²) in [5.74, 6) is -0.0255. The predicted molar refractivity (Wildman–Crippen MR) is 89.7 cm³/mol. The van der Waals surface area contributed by atoms with Crippen LogP contribution in [-0.4, -0.2) is 37.8 Å². The summed E-state index contributed by atoms with van der Waals surface area (Å²) in [6.07, 6.45) is 2.06. The Kier molecular flexibility index (Phi) is 7.55. The van der Waals surface area contributed by atoms with Crippen LogP contribution in [0.4, 0.5) is 5.69 Å². The number of rotatable bonds is 6. The van der Waals surface area contributed by atoms with Crippen LogP contribution in [0, 0.1) is 0 Å². The van der Waals surface area contributed by atoms with Crippen LogP contribution in [0.15, 0.2) is 30.4 Å². The molecule has 1 aromatic rings. The molecule has 0 radical (unpaired) electrons. The van der Waals surface area contributed by atoms with E-state index in [-0.39, 0.29) is 11.7 Å². The van der Waals surface area contributed by atoms with Gasteiger partial charge in [-0.1, -0.05) is 0 Å². The lowest BCUT2D eigenvalue weighted by molar-refractivity contribution is -0.137. The number of carbonyl (C=O) groups is 2. The average molecular weight is 338 g/mol. The van der Waals surface area contributed by atoms with Gasteiger partial charge in [-0.15, -0.1) is 0 Å². The van der Waals surface area contributed by atoms with Crippen molar-refractivity contribution in [1.29, 1.82) is 0 Å².